The van der Waals surface area contributed by atoms with Gasteiger partial charge in [-0.05, 0) is 37.3 Å². The number of nitrogens with one attached hydrogen (secondary N) is 1. The van der Waals surface area contributed by atoms with Crippen LogP contribution in [0.3, 0.4) is 0 Å². The molecule has 8 heteroatoms. The molecule has 0 saturated heterocycles. The molecule has 0 amide bonds. The minimum Gasteiger partial charge on any atom is -0.492 e. The summed E-state index contributed by atoms with van der Waals surface area (Å²) in [4.78, 5) is 10.9. The van der Waals surface area contributed by atoms with Gasteiger partial charge in [-0.2, -0.15) is 0 Å². The van der Waals surface area contributed by atoms with Gasteiger partial charge < -0.3 is 9.47 Å². The highest BCUT2D eigenvalue weighted by atomic mass is 32.2. The van der Waals surface area contributed by atoms with Crippen molar-refractivity contribution in [3.05, 3.63) is 53.8 Å². The third-order valence-corrected chi connectivity index (χ3v) is 4.45. The minimum absolute atomic E-state index is 0.0719. The molecule has 1 N–H and O–H groups in total. The summed E-state index contributed by atoms with van der Waals surface area (Å²) in [6.45, 7) is 2.09. The lowest BCUT2D eigenvalue weighted by Gasteiger charge is -2.13. The molecule has 24 heavy (non-hydrogen) atoms. The Hall–Kier alpha value is -2.61. The van der Waals surface area contributed by atoms with E-state index in [1.165, 1.54) is 6.07 Å². The number of hydrogen-bond donors (Lipinski definition) is 1. The predicted octanol–water partition coefficient (Wildman–Crippen LogP) is 2.81. The third-order valence-electron chi connectivity index (χ3n) is 3.07. The van der Waals surface area contributed by atoms with Gasteiger partial charge in [-0.1, -0.05) is 12.1 Å². The number of anilines is 1. The Morgan fingerprint density at radius 1 is 1.21 bits per heavy atom. The summed E-state index contributed by atoms with van der Waals surface area (Å²) >= 11 is 0. The molecule has 0 atom stereocenters. The van der Waals surface area contributed by atoms with Gasteiger partial charge in [-0.25, -0.2) is 17.6 Å². The minimum atomic E-state index is -4.26. The fraction of sp³-hybridized carbons (Fsp3) is 0.188. The van der Waals surface area contributed by atoms with Crippen LogP contribution in [0, 0.1) is 5.82 Å². The van der Waals surface area contributed by atoms with Gasteiger partial charge in [0.2, 0.25) is 0 Å². The van der Waals surface area contributed by atoms with Crippen LogP contribution in [0.4, 0.5) is 10.1 Å². The van der Waals surface area contributed by atoms with Crippen LogP contribution in [0.15, 0.2) is 47.4 Å². The molecule has 0 aliphatic carbocycles. The summed E-state index contributed by atoms with van der Waals surface area (Å²) in [5.41, 5.74) is 0.0968. The molecule has 0 unspecified atom stereocenters. The number of esters is 1. The number of sulfonamides is 1. The molecule has 0 fully saturated rings. The second-order valence-electron chi connectivity index (χ2n) is 4.67. The Bertz CT molecular complexity index is 851. The molecule has 0 heterocycles. The van der Waals surface area contributed by atoms with Crippen molar-refractivity contribution in [2.24, 2.45) is 0 Å². The summed E-state index contributed by atoms with van der Waals surface area (Å²) < 4.78 is 51.1. The largest absolute Gasteiger partial charge is 0.492 e. The number of halogens is 1. The SMILES string of the molecule is CCOc1ccccc1NS(=O)(=O)c1cc(C(=O)OC)ccc1F. The third kappa shape index (κ3) is 3.83. The number of carbonyl (C=O) groups excluding carboxylic acids is 1. The van der Waals surface area contributed by atoms with Crippen molar-refractivity contribution < 1.29 is 27.1 Å². The van der Waals surface area contributed by atoms with Crippen molar-refractivity contribution in [3.63, 3.8) is 0 Å². The van der Waals surface area contributed by atoms with Crippen LogP contribution < -0.4 is 9.46 Å². The molecular formula is C16H16FNO5S. The van der Waals surface area contributed by atoms with E-state index in [4.69, 9.17) is 4.74 Å². The lowest BCUT2D eigenvalue weighted by molar-refractivity contribution is 0.0600. The molecule has 0 bridgehead atoms. The Morgan fingerprint density at radius 3 is 2.58 bits per heavy atom. The van der Waals surface area contributed by atoms with Crippen molar-refractivity contribution in [1.82, 2.24) is 0 Å². The maximum atomic E-state index is 14.0. The summed E-state index contributed by atoms with van der Waals surface area (Å²) in [6.07, 6.45) is 0. The van der Waals surface area contributed by atoms with Crippen LogP contribution in [0.1, 0.15) is 17.3 Å². The van der Waals surface area contributed by atoms with E-state index in [-0.39, 0.29) is 11.3 Å². The Labute approximate surface area is 139 Å². The van der Waals surface area contributed by atoms with Gasteiger partial charge >= 0.3 is 5.97 Å². The standard InChI is InChI=1S/C16H16FNO5S/c1-3-23-14-7-5-4-6-13(14)18-24(20,21)15-10-11(16(19)22-2)8-9-12(15)17/h4-10,18H,3H2,1-2H3. The molecule has 0 aliphatic rings. The van der Waals surface area contributed by atoms with Gasteiger partial charge in [0.15, 0.2) is 0 Å². The van der Waals surface area contributed by atoms with E-state index >= 15 is 0 Å². The van der Waals surface area contributed by atoms with Gasteiger partial charge in [0.25, 0.3) is 10.0 Å². The average molecular weight is 353 g/mol. The summed E-state index contributed by atoms with van der Waals surface area (Å²) in [6, 6.07) is 9.34. The van der Waals surface area contributed by atoms with E-state index in [1.54, 1.807) is 25.1 Å². The number of ether oxygens (including phenoxy) is 2. The quantitative estimate of drug-likeness (QED) is 0.808. The molecule has 2 aromatic rings. The van der Waals surface area contributed by atoms with Crippen LogP contribution >= 0.6 is 0 Å². The molecule has 0 aromatic heterocycles. The maximum absolute atomic E-state index is 14.0. The molecule has 2 aromatic carbocycles. The van der Waals surface area contributed by atoms with Gasteiger partial charge in [0, 0.05) is 0 Å². The van der Waals surface area contributed by atoms with Crippen LogP contribution in [0.5, 0.6) is 5.75 Å². The van der Waals surface area contributed by atoms with Gasteiger partial charge in [0.1, 0.15) is 16.5 Å². The molecule has 0 saturated carbocycles. The van der Waals surface area contributed by atoms with Gasteiger partial charge in [-0.15, -0.1) is 0 Å². The van der Waals surface area contributed by atoms with Crippen LogP contribution in [-0.2, 0) is 14.8 Å². The maximum Gasteiger partial charge on any atom is 0.337 e. The second kappa shape index (κ2) is 7.31. The first kappa shape index (κ1) is 17.7. The van der Waals surface area contributed by atoms with Crippen LogP contribution in [0.25, 0.3) is 0 Å². The number of methoxy groups -OCH3 is 1. The summed E-state index contributed by atoms with van der Waals surface area (Å²) in [5.74, 6) is -1.43. The van der Waals surface area contributed by atoms with Gasteiger partial charge in [-0.3, -0.25) is 4.72 Å². The molecule has 0 spiro atoms. The van der Waals surface area contributed by atoms with Crippen LogP contribution in [0.2, 0.25) is 0 Å². The highest BCUT2D eigenvalue weighted by Crippen LogP contribution is 2.27. The van der Waals surface area contributed by atoms with E-state index < -0.39 is 26.7 Å². The summed E-state index contributed by atoms with van der Waals surface area (Å²) in [5, 5.41) is 0. The fourth-order valence-corrected chi connectivity index (χ4v) is 3.16. The lowest BCUT2D eigenvalue weighted by Crippen LogP contribution is -2.16. The van der Waals surface area contributed by atoms with Crippen molar-refractivity contribution in [3.8, 4) is 5.75 Å². The first-order valence-electron chi connectivity index (χ1n) is 7.01. The number of para-hydroxylation sites is 2. The zero-order chi connectivity index (χ0) is 17.7. The smallest absolute Gasteiger partial charge is 0.337 e. The second-order valence-corrected chi connectivity index (χ2v) is 6.32. The van der Waals surface area contributed by atoms with E-state index in [9.17, 15) is 17.6 Å². The lowest BCUT2D eigenvalue weighted by atomic mass is 10.2. The van der Waals surface area contributed by atoms with Crippen molar-refractivity contribution in [2.75, 3.05) is 18.4 Å². The van der Waals surface area contributed by atoms with Crippen molar-refractivity contribution in [2.45, 2.75) is 11.8 Å². The van der Waals surface area contributed by atoms with E-state index in [0.29, 0.717) is 12.4 Å². The highest BCUT2D eigenvalue weighted by Gasteiger charge is 2.22. The van der Waals surface area contributed by atoms with Crippen molar-refractivity contribution >= 4 is 21.7 Å². The number of hydrogen-bond acceptors (Lipinski definition) is 5. The van der Waals surface area contributed by atoms with Crippen LogP contribution in [-0.4, -0.2) is 28.1 Å². The normalized spacial score (nSPS) is 11.0. The molecule has 0 aliphatic heterocycles. The topological polar surface area (TPSA) is 81.7 Å². The Balaban J connectivity index is 2.43. The van der Waals surface area contributed by atoms with Gasteiger partial charge in [0.05, 0.1) is 25.0 Å². The fourth-order valence-electron chi connectivity index (χ4n) is 1.99. The molecule has 2 rings (SSSR count). The molecule has 6 nitrogen and oxygen atoms in total. The molecule has 0 radical (unpaired) electrons. The van der Waals surface area contributed by atoms with E-state index in [0.717, 1.165) is 25.3 Å². The number of carbonyl (C=O) groups is 1. The monoisotopic (exact) mass is 353 g/mol. The number of benzene rings is 2. The zero-order valence-electron chi connectivity index (χ0n) is 13.1. The Morgan fingerprint density at radius 2 is 1.92 bits per heavy atom. The summed E-state index contributed by atoms with van der Waals surface area (Å²) in [7, 11) is -3.11. The first-order chi connectivity index (χ1) is 11.4. The highest BCUT2D eigenvalue weighted by molar-refractivity contribution is 7.92. The molecular weight excluding hydrogens is 337 g/mol. The van der Waals surface area contributed by atoms with Crippen molar-refractivity contribution in [1.29, 1.82) is 0 Å². The zero-order valence-corrected chi connectivity index (χ0v) is 13.9. The molecule has 128 valence electrons. The number of rotatable bonds is 6. The first-order valence-corrected chi connectivity index (χ1v) is 8.50. The average Bonchev–Trinajstić information content (AvgIpc) is 2.56. The predicted molar refractivity (Wildman–Crippen MR) is 86.2 cm³/mol. The van der Waals surface area contributed by atoms with E-state index in [2.05, 4.69) is 9.46 Å². The Kier molecular flexibility index (Phi) is 5.40. The van der Waals surface area contributed by atoms with E-state index in [1.807, 2.05) is 0 Å².